The summed E-state index contributed by atoms with van der Waals surface area (Å²) in [7, 11) is 1.69. The minimum absolute atomic E-state index is 0.0671. The van der Waals surface area contributed by atoms with Gasteiger partial charge in [0.25, 0.3) is 0 Å². The molecule has 1 amide bonds. The summed E-state index contributed by atoms with van der Waals surface area (Å²) in [4.78, 5) is 23.3. The Morgan fingerprint density at radius 2 is 2.04 bits per heavy atom. The number of hydrogen-bond donors (Lipinski definition) is 4. The van der Waals surface area contributed by atoms with Gasteiger partial charge in [0, 0.05) is 19.2 Å². The zero-order valence-electron chi connectivity index (χ0n) is 15.7. The molecule has 0 aromatic heterocycles. The smallest absolute Gasteiger partial charge is 0.227 e. The number of hydrogen-bond acceptors (Lipinski definition) is 7. The van der Waals surface area contributed by atoms with E-state index in [9.17, 15) is 4.79 Å². The van der Waals surface area contributed by atoms with Gasteiger partial charge >= 0.3 is 0 Å². The van der Waals surface area contributed by atoms with Crippen molar-refractivity contribution in [2.75, 3.05) is 20.3 Å². The van der Waals surface area contributed by atoms with Crippen molar-refractivity contribution in [2.45, 2.75) is 63.5 Å². The summed E-state index contributed by atoms with van der Waals surface area (Å²) in [5.74, 6) is 1.94. The van der Waals surface area contributed by atoms with Crippen molar-refractivity contribution in [2.24, 2.45) is 23.7 Å². The Labute approximate surface area is 155 Å². The predicted molar refractivity (Wildman–Crippen MR) is 94.3 cm³/mol. The van der Waals surface area contributed by atoms with Crippen LogP contribution < -0.4 is 21.6 Å². The van der Waals surface area contributed by atoms with Crippen molar-refractivity contribution in [3.05, 3.63) is 0 Å². The Hall–Kier alpha value is -0.770. The van der Waals surface area contributed by atoms with Crippen LogP contribution in [0.15, 0.2) is 0 Å². The first-order chi connectivity index (χ1) is 12.7. The van der Waals surface area contributed by atoms with E-state index in [4.69, 9.17) is 14.4 Å². The molecule has 26 heavy (non-hydrogen) atoms. The molecule has 2 saturated carbocycles. The Morgan fingerprint density at radius 3 is 2.81 bits per heavy atom. The van der Waals surface area contributed by atoms with E-state index < -0.39 is 0 Å². The van der Waals surface area contributed by atoms with E-state index in [1.165, 1.54) is 19.3 Å². The molecule has 0 bridgehead atoms. The molecule has 2 heterocycles. The molecule has 4 fully saturated rings. The first-order valence-corrected chi connectivity index (χ1v) is 9.99. The fourth-order valence-electron chi connectivity index (χ4n) is 5.25. The molecular formula is C18H32N4O4. The number of amides is 1. The van der Waals surface area contributed by atoms with Gasteiger partial charge in [0.05, 0.1) is 25.3 Å². The minimum Gasteiger partial charge on any atom is -0.380 e. The van der Waals surface area contributed by atoms with Gasteiger partial charge in [-0.05, 0) is 56.8 Å². The van der Waals surface area contributed by atoms with Gasteiger partial charge in [0.2, 0.25) is 5.91 Å². The molecule has 4 N–H and O–H groups in total. The van der Waals surface area contributed by atoms with Gasteiger partial charge in [-0.3, -0.25) is 14.9 Å². The van der Waals surface area contributed by atoms with E-state index in [0.717, 1.165) is 12.8 Å². The lowest BCUT2D eigenvalue weighted by molar-refractivity contribution is -0.126. The summed E-state index contributed by atoms with van der Waals surface area (Å²) < 4.78 is 5.15. The van der Waals surface area contributed by atoms with Crippen molar-refractivity contribution < 1.29 is 19.2 Å². The van der Waals surface area contributed by atoms with E-state index in [1.807, 2.05) is 6.92 Å². The van der Waals surface area contributed by atoms with Gasteiger partial charge in [0.15, 0.2) is 6.23 Å². The van der Waals surface area contributed by atoms with Crippen molar-refractivity contribution in [1.82, 2.24) is 21.6 Å². The predicted octanol–water partition coefficient (Wildman–Crippen LogP) is 0.260. The van der Waals surface area contributed by atoms with Crippen LogP contribution in [-0.4, -0.2) is 50.7 Å². The summed E-state index contributed by atoms with van der Waals surface area (Å²) in [5, 5.41) is 6.81. The highest BCUT2D eigenvalue weighted by atomic mass is 16.7. The average Bonchev–Trinajstić information content (AvgIpc) is 3.35. The number of nitrogens with one attached hydrogen (secondary N) is 4. The standard InChI is InChI=1S/C18H32N4O4/c1-10-14(8-25-21-10)18(23)19-15-6-4-11-7-12(3-5-13(11)15)17-20-16(9-24-2)26-22-17/h10-17,20-22H,3-9H2,1-2H3,(H,19,23)/t10?,11?,12?,13?,14?,15-,16?,17?/m1/s1. The van der Waals surface area contributed by atoms with E-state index in [2.05, 4.69) is 21.6 Å². The van der Waals surface area contributed by atoms with Gasteiger partial charge in [-0.2, -0.15) is 11.0 Å². The third-order valence-electron chi connectivity index (χ3n) is 6.74. The van der Waals surface area contributed by atoms with E-state index >= 15 is 0 Å². The molecule has 0 radical (unpaired) electrons. The SMILES string of the molecule is COCC1NC(C2CCC3C(CC[C@H]3NC(=O)C3CONC3C)C2)NO1. The molecule has 2 aliphatic heterocycles. The maximum Gasteiger partial charge on any atom is 0.227 e. The monoisotopic (exact) mass is 368 g/mol. The van der Waals surface area contributed by atoms with Crippen LogP contribution in [0.5, 0.6) is 0 Å². The van der Waals surface area contributed by atoms with Gasteiger partial charge in [-0.25, -0.2) is 0 Å². The van der Waals surface area contributed by atoms with E-state index in [0.29, 0.717) is 37.0 Å². The highest BCUT2D eigenvalue weighted by molar-refractivity contribution is 5.80. The second-order valence-electron chi connectivity index (χ2n) is 8.34. The molecule has 2 saturated heterocycles. The van der Waals surface area contributed by atoms with E-state index in [-0.39, 0.29) is 30.3 Å². The summed E-state index contributed by atoms with van der Waals surface area (Å²) in [6, 6.07) is 0.408. The van der Waals surface area contributed by atoms with Crippen LogP contribution >= 0.6 is 0 Å². The molecule has 4 aliphatic rings. The third kappa shape index (κ3) is 3.76. The van der Waals surface area contributed by atoms with Crippen molar-refractivity contribution in [3.8, 4) is 0 Å². The Morgan fingerprint density at radius 1 is 1.19 bits per heavy atom. The maximum absolute atomic E-state index is 12.6. The fraction of sp³-hybridized carbons (Fsp3) is 0.944. The highest BCUT2D eigenvalue weighted by Crippen LogP contribution is 2.45. The quantitative estimate of drug-likeness (QED) is 0.553. The van der Waals surface area contributed by atoms with Gasteiger partial charge < -0.3 is 14.9 Å². The van der Waals surface area contributed by atoms with Crippen molar-refractivity contribution >= 4 is 5.91 Å². The molecule has 148 valence electrons. The Bertz CT molecular complexity index is 508. The van der Waals surface area contributed by atoms with E-state index in [1.54, 1.807) is 7.11 Å². The number of hydroxylamine groups is 2. The second kappa shape index (κ2) is 8.08. The Kier molecular flexibility index (Phi) is 5.78. The number of carbonyl (C=O) groups is 1. The lowest BCUT2D eigenvalue weighted by Gasteiger charge is -2.37. The largest absolute Gasteiger partial charge is 0.380 e. The molecule has 4 rings (SSSR count). The topological polar surface area (TPSA) is 92.9 Å². The first-order valence-electron chi connectivity index (χ1n) is 9.99. The first kappa shape index (κ1) is 18.6. The van der Waals surface area contributed by atoms with Crippen LogP contribution in [0, 0.1) is 23.7 Å². The molecule has 8 nitrogen and oxygen atoms in total. The van der Waals surface area contributed by atoms with Crippen LogP contribution in [0.3, 0.4) is 0 Å². The van der Waals surface area contributed by atoms with Crippen LogP contribution in [0.1, 0.15) is 39.0 Å². The molecular weight excluding hydrogens is 336 g/mol. The van der Waals surface area contributed by atoms with Gasteiger partial charge in [-0.1, -0.05) is 0 Å². The number of methoxy groups -OCH3 is 1. The van der Waals surface area contributed by atoms with Crippen LogP contribution in [-0.2, 0) is 19.2 Å². The maximum atomic E-state index is 12.6. The van der Waals surface area contributed by atoms with Crippen LogP contribution in [0.25, 0.3) is 0 Å². The number of rotatable bonds is 5. The fourth-order valence-corrected chi connectivity index (χ4v) is 5.25. The lowest BCUT2D eigenvalue weighted by atomic mass is 9.73. The van der Waals surface area contributed by atoms with Gasteiger partial charge in [0.1, 0.15) is 0 Å². The zero-order valence-corrected chi connectivity index (χ0v) is 15.7. The lowest BCUT2D eigenvalue weighted by Crippen LogP contribution is -2.47. The molecule has 0 aromatic carbocycles. The zero-order chi connectivity index (χ0) is 18.1. The van der Waals surface area contributed by atoms with Crippen LogP contribution in [0.2, 0.25) is 0 Å². The summed E-state index contributed by atoms with van der Waals surface area (Å²) >= 11 is 0. The summed E-state index contributed by atoms with van der Waals surface area (Å²) in [5.41, 5.74) is 6.03. The molecule has 0 aromatic rings. The van der Waals surface area contributed by atoms with Crippen molar-refractivity contribution in [1.29, 1.82) is 0 Å². The van der Waals surface area contributed by atoms with Gasteiger partial charge in [-0.15, -0.1) is 0 Å². The summed E-state index contributed by atoms with van der Waals surface area (Å²) in [6.45, 7) is 3.02. The number of carbonyl (C=O) groups excluding carboxylic acids is 1. The second-order valence-corrected chi connectivity index (χ2v) is 8.34. The molecule has 8 heteroatoms. The van der Waals surface area contributed by atoms with Crippen LogP contribution in [0.4, 0.5) is 0 Å². The third-order valence-corrected chi connectivity index (χ3v) is 6.74. The number of fused-ring (bicyclic) bond motifs is 1. The normalized spacial score (nSPS) is 45.6. The molecule has 8 atom stereocenters. The Balaban J connectivity index is 1.28. The molecule has 7 unspecified atom stereocenters. The number of ether oxygens (including phenoxy) is 1. The molecule has 2 aliphatic carbocycles. The minimum atomic E-state index is -0.0767. The highest BCUT2D eigenvalue weighted by Gasteiger charge is 2.44. The van der Waals surface area contributed by atoms with Crippen molar-refractivity contribution in [3.63, 3.8) is 0 Å². The average molecular weight is 368 g/mol. The summed E-state index contributed by atoms with van der Waals surface area (Å²) in [6.07, 6.45) is 5.95. The molecule has 0 spiro atoms.